The van der Waals surface area contributed by atoms with Crippen LogP contribution in [0.25, 0.3) is 0 Å². The van der Waals surface area contributed by atoms with Gasteiger partial charge in [0.15, 0.2) is 0 Å². The van der Waals surface area contributed by atoms with Gasteiger partial charge < -0.3 is 11.5 Å². The smallest absolute Gasteiger partial charge is 0.0571 e. The number of unbranched alkanes of at least 4 members (excludes halogenated alkanes) is 1. The third-order valence-electron chi connectivity index (χ3n) is 4.39. The maximum absolute atomic E-state index is 6.22. The van der Waals surface area contributed by atoms with E-state index in [9.17, 15) is 0 Å². The number of hydrogen-bond acceptors (Lipinski definition) is 3. The molecule has 1 rings (SSSR count). The van der Waals surface area contributed by atoms with Gasteiger partial charge in [0.05, 0.1) is 6.17 Å². The second-order valence-electron chi connectivity index (χ2n) is 5.72. The van der Waals surface area contributed by atoms with Crippen molar-refractivity contribution < 1.29 is 0 Å². The van der Waals surface area contributed by atoms with E-state index in [1.807, 2.05) is 0 Å². The van der Waals surface area contributed by atoms with Gasteiger partial charge in [0.1, 0.15) is 0 Å². The molecule has 0 amide bonds. The third kappa shape index (κ3) is 5.96. The molecular formula is C16H33N3. The quantitative estimate of drug-likeness (QED) is 0.524. The van der Waals surface area contributed by atoms with Crippen LogP contribution in [0.2, 0.25) is 0 Å². The number of hydrogen-bond donors (Lipinski definition) is 2. The van der Waals surface area contributed by atoms with Crippen LogP contribution in [0.4, 0.5) is 0 Å². The fraction of sp³-hybridized carbons (Fsp3) is 0.875. The van der Waals surface area contributed by atoms with Gasteiger partial charge in [-0.2, -0.15) is 0 Å². The lowest BCUT2D eigenvalue weighted by Gasteiger charge is -2.26. The number of allylic oxidation sites excluding steroid dienone is 2. The van der Waals surface area contributed by atoms with E-state index < -0.39 is 0 Å². The summed E-state index contributed by atoms with van der Waals surface area (Å²) in [6.07, 6.45) is 11.3. The van der Waals surface area contributed by atoms with Crippen LogP contribution in [0.1, 0.15) is 71.6 Å². The van der Waals surface area contributed by atoms with Gasteiger partial charge in [0, 0.05) is 5.70 Å². The van der Waals surface area contributed by atoms with Gasteiger partial charge in [0.2, 0.25) is 0 Å². The number of nitrogens with zero attached hydrogens (tertiary/aromatic N) is 1. The Bertz CT molecular complexity index is 261. The molecule has 4 N–H and O–H groups in total. The van der Waals surface area contributed by atoms with Crippen LogP contribution in [0.3, 0.4) is 0 Å². The normalized spacial score (nSPS) is 17.8. The van der Waals surface area contributed by atoms with E-state index in [-0.39, 0.29) is 6.17 Å². The van der Waals surface area contributed by atoms with Crippen LogP contribution in [-0.4, -0.2) is 24.2 Å². The summed E-state index contributed by atoms with van der Waals surface area (Å²) < 4.78 is 0. The molecule has 1 fully saturated rings. The lowest BCUT2D eigenvalue weighted by atomic mass is 9.92. The van der Waals surface area contributed by atoms with Crippen LogP contribution in [0.5, 0.6) is 0 Å². The lowest BCUT2D eigenvalue weighted by Crippen LogP contribution is -2.41. The highest BCUT2D eigenvalue weighted by atomic mass is 15.2. The van der Waals surface area contributed by atoms with E-state index in [1.165, 1.54) is 50.6 Å². The first kappa shape index (κ1) is 16.5. The minimum absolute atomic E-state index is 0.221. The molecule has 112 valence electrons. The van der Waals surface area contributed by atoms with Crippen molar-refractivity contribution in [1.29, 1.82) is 0 Å². The molecule has 0 radical (unpaired) electrons. The van der Waals surface area contributed by atoms with Crippen molar-refractivity contribution in [3.63, 3.8) is 0 Å². The molecule has 0 aromatic heterocycles. The second kappa shape index (κ2) is 9.38. The van der Waals surface area contributed by atoms with Crippen molar-refractivity contribution in [2.75, 3.05) is 13.1 Å². The predicted octanol–water partition coefficient (Wildman–Crippen LogP) is 3.35. The minimum Gasteiger partial charge on any atom is -0.402 e. The van der Waals surface area contributed by atoms with Crippen molar-refractivity contribution in [1.82, 2.24) is 4.90 Å². The number of rotatable bonds is 8. The molecular weight excluding hydrogens is 234 g/mol. The molecule has 3 heteroatoms. The van der Waals surface area contributed by atoms with E-state index in [4.69, 9.17) is 11.5 Å². The van der Waals surface area contributed by atoms with Crippen LogP contribution < -0.4 is 11.5 Å². The molecule has 0 bridgehead atoms. The molecule has 0 saturated heterocycles. The van der Waals surface area contributed by atoms with Crippen LogP contribution in [0, 0.1) is 0 Å². The van der Waals surface area contributed by atoms with Crippen molar-refractivity contribution in [3.05, 3.63) is 11.3 Å². The van der Waals surface area contributed by atoms with Gasteiger partial charge in [0.25, 0.3) is 0 Å². The third-order valence-corrected chi connectivity index (χ3v) is 4.39. The van der Waals surface area contributed by atoms with Gasteiger partial charge >= 0.3 is 0 Å². The monoisotopic (exact) mass is 267 g/mol. The Morgan fingerprint density at radius 1 is 1.11 bits per heavy atom. The Morgan fingerprint density at radius 3 is 2.32 bits per heavy atom. The van der Waals surface area contributed by atoms with Crippen LogP contribution >= 0.6 is 0 Å². The Morgan fingerprint density at radius 2 is 1.74 bits per heavy atom. The van der Waals surface area contributed by atoms with E-state index in [0.29, 0.717) is 0 Å². The van der Waals surface area contributed by atoms with Crippen molar-refractivity contribution in [3.8, 4) is 0 Å². The highest BCUT2D eigenvalue weighted by Crippen LogP contribution is 2.25. The maximum Gasteiger partial charge on any atom is 0.0571 e. The van der Waals surface area contributed by atoms with Crippen molar-refractivity contribution in [2.24, 2.45) is 11.5 Å². The molecule has 0 aliphatic heterocycles. The molecule has 0 spiro atoms. The highest BCUT2D eigenvalue weighted by Gasteiger charge is 2.11. The first-order valence-corrected chi connectivity index (χ1v) is 8.15. The Labute approximate surface area is 119 Å². The molecule has 1 aliphatic carbocycles. The summed E-state index contributed by atoms with van der Waals surface area (Å²) >= 11 is 0. The zero-order valence-electron chi connectivity index (χ0n) is 13.0. The predicted molar refractivity (Wildman–Crippen MR) is 83.7 cm³/mol. The van der Waals surface area contributed by atoms with E-state index in [2.05, 4.69) is 18.7 Å². The Hall–Kier alpha value is -0.540. The van der Waals surface area contributed by atoms with Gasteiger partial charge in [-0.3, -0.25) is 4.90 Å². The Balaban J connectivity index is 2.19. The molecule has 0 heterocycles. The topological polar surface area (TPSA) is 55.3 Å². The molecule has 0 aromatic carbocycles. The zero-order valence-corrected chi connectivity index (χ0v) is 13.0. The average molecular weight is 267 g/mol. The number of nitrogens with two attached hydrogens (primary N) is 2. The summed E-state index contributed by atoms with van der Waals surface area (Å²) in [5.41, 5.74) is 15.1. The van der Waals surface area contributed by atoms with Crippen molar-refractivity contribution >= 4 is 0 Å². The fourth-order valence-corrected chi connectivity index (χ4v) is 3.02. The molecule has 3 nitrogen and oxygen atoms in total. The molecule has 1 atom stereocenters. The second-order valence-corrected chi connectivity index (χ2v) is 5.72. The van der Waals surface area contributed by atoms with Gasteiger partial charge in [-0.25, -0.2) is 0 Å². The van der Waals surface area contributed by atoms with Gasteiger partial charge in [-0.15, -0.1) is 0 Å². The summed E-state index contributed by atoms with van der Waals surface area (Å²) in [5, 5.41) is 0. The first-order valence-electron chi connectivity index (χ1n) is 8.15. The average Bonchev–Trinajstić information content (AvgIpc) is 2.45. The maximum atomic E-state index is 6.22. The van der Waals surface area contributed by atoms with E-state index >= 15 is 0 Å². The standard InChI is InChI=1S/C16H33N3/c1-3-19(4-2)16(18)13-9-8-12-15(17)14-10-6-5-7-11-14/h16H,3-13,17-18H2,1-2H3. The lowest BCUT2D eigenvalue weighted by molar-refractivity contribution is 0.207. The molecule has 19 heavy (non-hydrogen) atoms. The summed E-state index contributed by atoms with van der Waals surface area (Å²) in [7, 11) is 0. The van der Waals surface area contributed by atoms with E-state index in [1.54, 1.807) is 5.57 Å². The Kier molecular flexibility index (Phi) is 8.15. The largest absolute Gasteiger partial charge is 0.402 e. The van der Waals surface area contributed by atoms with Crippen molar-refractivity contribution in [2.45, 2.75) is 77.8 Å². The first-order chi connectivity index (χ1) is 9.19. The fourth-order valence-electron chi connectivity index (χ4n) is 3.02. The summed E-state index contributed by atoms with van der Waals surface area (Å²) in [4.78, 5) is 2.32. The minimum atomic E-state index is 0.221. The summed E-state index contributed by atoms with van der Waals surface area (Å²) in [6.45, 7) is 6.44. The molecule has 0 aromatic rings. The van der Waals surface area contributed by atoms with Crippen LogP contribution in [0.15, 0.2) is 11.3 Å². The zero-order chi connectivity index (χ0) is 14.1. The van der Waals surface area contributed by atoms with Crippen LogP contribution in [-0.2, 0) is 0 Å². The molecule has 1 aliphatic rings. The highest BCUT2D eigenvalue weighted by molar-refractivity contribution is 5.12. The summed E-state index contributed by atoms with van der Waals surface area (Å²) in [6, 6.07) is 0. The molecule has 1 saturated carbocycles. The van der Waals surface area contributed by atoms with Gasteiger partial charge in [-0.1, -0.05) is 32.3 Å². The SMILES string of the molecule is CCN(CC)C(N)CCCCC(N)=C1CCCCC1. The van der Waals surface area contributed by atoms with Gasteiger partial charge in [-0.05, 0) is 58.0 Å². The molecule has 1 unspecified atom stereocenters. The summed E-state index contributed by atoms with van der Waals surface area (Å²) in [5.74, 6) is 0. The van der Waals surface area contributed by atoms with E-state index in [0.717, 1.165) is 25.9 Å².